The summed E-state index contributed by atoms with van der Waals surface area (Å²) in [6, 6.07) is 9.77. The van der Waals surface area contributed by atoms with E-state index in [1.807, 2.05) is 19.0 Å². The van der Waals surface area contributed by atoms with Crippen molar-refractivity contribution < 1.29 is 37.0 Å². The molecular weight excluding hydrogens is 479 g/mol. The van der Waals surface area contributed by atoms with Crippen LogP contribution in [0.25, 0.3) is 0 Å². The van der Waals surface area contributed by atoms with Crippen LogP contribution < -0.4 is 20.1 Å². The minimum atomic E-state index is -4.62. The fraction of sp³-hybridized carbons (Fsp3) is 0.440. The van der Waals surface area contributed by atoms with Crippen LogP contribution in [0, 0.1) is 0 Å². The molecule has 36 heavy (non-hydrogen) atoms. The minimum Gasteiger partial charge on any atom is -0.497 e. The fourth-order valence-electron chi connectivity index (χ4n) is 3.65. The number of rotatable bonds is 10. The van der Waals surface area contributed by atoms with Gasteiger partial charge in [-0.25, -0.2) is 0 Å². The maximum atomic E-state index is 13.4. The summed E-state index contributed by atoms with van der Waals surface area (Å²) in [5.41, 5.74) is -1.38. The Morgan fingerprint density at radius 3 is 2.39 bits per heavy atom. The SMILES string of the molecule is COc1ccc(Oc2ccc(CNC(=O)C3(NC(=O)CCN(C)C)CCOC3)cc2)c(C(F)(F)F)c1. The summed E-state index contributed by atoms with van der Waals surface area (Å²) in [6.07, 6.45) is -3.99. The number of nitrogens with zero attached hydrogens (tertiary/aromatic N) is 1. The Morgan fingerprint density at radius 2 is 1.81 bits per heavy atom. The Bertz CT molecular complexity index is 1050. The Kier molecular flexibility index (Phi) is 8.80. The quantitative estimate of drug-likeness (QED) is 0.511. The predicted molar refractivity (Wildman–Crippen MR) is 126 cm³/mol. The van der Waals surface area contributed by atoms with Crippen LogP contribution in [0.5, 0.6) is 17.2 Å². The summed E-state index contributed by atoms with van der Waals surface area (Å²) in [7, 11) is 5.00. The van der Waals surface area contributed by atoms with Crippen molar-refractivity contribution in [2.24, 2.45) is 0 Å². The van der Waals surface area contributed by atoms with Gasteiger partial charge in [-0.05, 0) is 50.0 Å². The van der Waals surface area contributed by atoms with Crippen molar-refractivity contribution in [3.05, 3.63) is 53.6 Å². The third-order valence-corrected chi connectivity index (χ3v) is 5.72. The van der Waals surface area contributed by atoms with Gasteiger partial charge < -0.3 is 29.7 Å². The van der Waals surface area contributed by atoms with Gasteiger partial charge in [-0.1, -0.05) is 12.1 Å². The van der Waals surface area contributed by atoms with Crippen molar-refractivity contribution in [2.45, 2.75) is 31.1 Å². The van der Waals surface area contributed by atoms with Gasteiger partial charge in [0.1, 0.15) is 28.4 Å². The highest BCUT2D eigenvalue weighted by molar-refractivity contribution is 5.92. The second-order valence-electron chi connectivity index (χ2n) is 8.77. The number of nitrogens with one attached hydrogen (secondary N) is 2. The van der Waals surface area contributed by atoms with Gasteiger partial charge in [-0.15, -0.1) is 0 Å². The molecule has 1 aliphatic rings. The van der Waals surface area contributed by atoms with Crippen LogP contribution in [-0.2, 0) is 27.0 Å². The summed E-state index contributed by atoms with van der Waals surface area (Å²) in [6.45, 7) is 1.16. The third-order valence-electron chi connectivity index (χ3n) is 5.72. The third kappa shape index (κ3) is 7.11. The van der Waals surface area contributed by atoms with Gasteiger partial charge in [0.05, 0.1) is 13.7 Å². The molecule has 0 aromatic heterocycles. The van der Waals surface area contributed by atoms with Gasteiger partial charge in [0.2, 0.25) is 11.8 Å². The standard InChI is InChI=1S/C25H30F3N3O5/c1-31(2)12-10-22(32)30-24(11-13-35-16-24)23(33)29-15-17-4-6-18(7-5-17)36-21-9-8-19(34-3)14-20(21)25(26,27)28/h4-9,14H,10-13,15-16H2,1-3H3,(H,29,33)(H,30,32). The number of hydrogen-bond donors (Lipinski definition) is 2. The molecule has 2 aromatic carbocycles. The first kappa shape index (κ1) is 27.3. The normalized spacial score (nSPS) is 17.6. The predicted octanol–water partition coefficient (Wildman–Crippen LogP) is 3.35. The van der Waals surface area contributed by atoms with Crippen LogP contribution in [0.2, 0.25) is 0 Å². The molecule has 0 saturated carbocycles. The van der Waals surface area contributed by atoms with E-state index in [2.05, 4.69) is 10.6 Å². The van der Waals surface area contributed by atoms with Gasteiger partial charge in [-0.3, -0.25) is 9.59 Å². The lowest BCUT2D eigenvalue weighted by Gasteiger charge is -2.28. The number of methoxy groups -OCH3 is 1. The molecule has 3 rings (SSSR count). The van der Waals surface area contributed by atoms with Crippen LogP contribution >= 0.6 is 0 Å². The summed E-state index contributed by atoms with van der Waals surface area (Å²) < 4.78 is 56.0. The van der Waals surface area contributed by atoms with Gasteiger partial charge in [-0.2, -0.15) is 13.2 Å². The smallest absolute Gasteiger partial charge is 0.420 e. The number of hydrogen-bond acceptors (Lipinski definition) is 6. The van der Waals surface area contributed by atoms with E-state index in [1.165, 1.54) is 31.4 Å². The van der Waals surface area contributed by atoms with Gasteiger partial charge in [0.15, 0.2) is 0 Å². The van der Waals surface area contributed by atoms with Crippen molar-refractivity contribution in [1.29, 1.82) is 0 Å². The molecule has 0 spiro atoms. The van der Waals surface area contributed by atoms with Crippen LogP contribution in [0.3, 0.4) is 0 Å². The lowest BCUT2D eigenvalue weighted by atomic mass is 9.96. The van der Waals surface area contributed by atoms with E-state index in [-0.39, 0.29) is 48.6 Å². The number of halogens is 3. The van der Waals surface area contributed by atoms with E-state index in [9.17, 15) is 22.8 Å². The average molecular weight is 510 g/mol. The largest absolute Gasteiger partial charge is 0.497 e. The average Bonchev–Trinajstić information content (AvgIpc) is 3.31. The van der Waals surface area contributed by atoms with Crippen LogP contribution in [0.4, 0.5) is 13.2 Å². The number of carbonyl (C=O) groups excluding carboxylic acids is 2. The Balaban J connectivity index is 1.62. The molecule has 11 heteroatoms. The molecule has 1 aliphatic heterocycles. The van der Waals surface area contributed by atoms with E-state index in [1.54, 1.807) is 12.1 Å². The molecule has 0 aliphatic carbocycles. The van der Waals surface area contributed by atoms with E-state index in [0.717, 1.165) is 6.07 Å². The van der Waals surface area contributed by atoms with Gasteiger partial charge >= 0.3 is 6.18 Å². The number of ether oxygens (including phenoxy) is 3. The highest BCUT2D eigenvalue weighted by atomic mass is 19.4. The molecule has 1 unspecified atom stereocenters. The molecule has 1 saturated heterocycles. The summed E-state index contributed by atoms with van der Waals surface area (Å²) >= 11 is 0. The van der Waals surface area contributed by atoms with Crippen molar-refractivity contribution in [3.8, 4) is 17.2 Å². The molecule has 1 heterocycles. The van der Waals surface area contributed by atoms with Crippen LogP contribution in [-0.4, -0.2) is 63.2 Å². The van der Waals surface area contributed by atoms with Crippen LogP contribution in [0.15, 0.2) is 42.5 Å². The van der Waals surface area contributed by atoms with E-state index >= 15 is 0 Å². The second-order valence-corrected chi connectivity index (χ2v) is 8.77. The lowest BCUT2D eigenvalue weighted by Crippen LogP contribution is -2.59. The van der Waals surface area contributed by atoms with Gasteiger partial charge in [0.25, 0.3) is 0 Å². The van der Waals surface area contributed by atoms with E-state index in [4.69, 9.17) is 14.2 Å². The topological polar surface area (TPSA) is 89.1 Å². The number of amides is 2. The van der Waals surface area contributed by atoms with E-state index < -0.39 is 17.3 Å². The number of carbonyl (C=O) groups is 2. The fourth-order valence-corrected chi connectivity index (χ4v) is 3.65. The molecule has 2 amide bonds. The summed E-state index contributed by atoms with van der Waals surface area (Å²) in [4.78, 5) is 27.2. The molecule has 8 nitrogen and oxygen atoms in total. The zero-order valence-corrected chi connectivity index (χ0v) is 20.4. The Labute approximate surface area is 207 Å². The highest BCUT2D eigenvalue weighted by Crippen LogP contribution is 2.40. The first-order valence-electron chi connectivity index (χ1n) is 11.4. The molecule has 196 valence electrons. The molecular formula is C25H30F3N3O5. The van der Waals surface area contributed by atoms with Crippen LogP contribution in [0.1, 0.15) is 24.0 Å². The summed E-state index contributed by atoms with van der Waals surface area (Å²) in [5.74, 6) is -0.665. The van der Waals surface area contributed by atoms with Crippen molar-refractivity contribution in [1.82, 2.24) is 15.5 Å². The molecule has 2 N–H and O–H groups in total. The summed E-state index contributed by atoms with van der Waals surface area (Å²) in [5, 5.41) is 5.64. The molecule has 2 aromatic rings. The maximum absolute atomic E-state index is 13.4. The van der Waals surface area contributed by atoms with Crippen molar-refractivity contribution in [2.75, 3.05) is 41.0 Å². The molecule has 1 atom stereocenters. The molecule has 1 fully saturated rings. The zero-order valence-electron chi connectivity index (χ0n) is 20.4. The first-order valence-corrected chi connectivity index (χ1v) is 11.4. The second kappa shape index (κ2) is 11.6. The highest BCUT2D eigenvalue weighted by Gasteiger charge is 2.43. The van der Waals surface area contributed by atoms with Crippen molar-refractivity contribution in [3.63, 3.8) is 0 Å². The maximum Gasteiger partial charge on any atom is 0.420 e. The molecule has 0 bridgehead atoms. The molecule has 0 radical (unpaired) electrons. The number of alkyl halides is 3. The zero-order chi connectivity index (χ0) is 26.3. The van der Waals surface area contributed by atoms with Crippen molar-refractivity contribution >= 4 is 11.8 Å². The number of benzene rings is 2. The lowest BCUT2D eigenvalue weighted by molar-refractivity contribution is -0.138. The minimum absolute atomic E-state index is 0.0695. The Hall–Kier alpha value is -3.31. The first-order chi connectivity index (χ1) is 17.0. The van der Waals surface area contributed by atoms with Gasteiger partial charge in [0, 0.05) is 32.5 Å². The monoisotopic (exact) mass is 509 g/mol. The Morgan fingerprint density at radius 1 is 1.11 bits per heavy atom. The van der Waals surface area contributed by atoms with E-state index in [0.29, 0.717) is 25.1 Å².